The van der Waals surface area contributed by atoms with Crippen LogP contribution in [0.3, 0.4) is 0 Å². The monoisotopic (exact) mass is 633 g/mol. The molecule has 180 valence electrons. The number of aromatic nitrogens is 1. The van der Waals surface area contributed by atoms with Crippen molar-refractivity contribution in [2.45, 2.75) is 44.9 Å². The van der Waals surface area contributed by atoms with Gasteiger partial charge in [-0.1, -0.05) is 18.2 Å². The lowest BCUT2D eigenvalue weighted by Crippen LogP contribution is -2.19. The van der Waals surface area contributed by atoms with Crippen LogP contribution in [0.5, 0.6) is 0 Å². The van der Waals surface area contributed by atoms with Crippen LogP contribution in [0.15, 0.2) is 44.2 Å². The second kappa shape index (κ2) is 13.9. The predicted octanol–water partition coefficient (Wildman–Crippen LogP) is 6.48. The van der Waals surface area contributed by atoms with E-state index in [9.17, 15) is 8.42 Å². The molecule has 0 spiro atoms. The SMILES string of the molecule is CCO[PH+](Cc1c(Br)c(Br)c(C[PH+](OCC)OCC)n1S(=O)(=O)c1ccccc1)OCC. The molecule has 1 aromatic carbocycles. The third kappa shape index (κ3) is 7.06. The van der Waals surface area contributed by atoms with Crippen LogP contribution < -0.4 is 0 Å². The zero-order chi connectivity index (χ0) is 23.7. The molecule has 0 atom stereocenters. The van der Waals surface area contributed by atoms with Gasteiger partial charge in [0.05, 0.1) is 51.7 Å². The fraction of sp³-hybridized carbons (Fsp3) is 0.500. The summed E-state index contributed by atoms with van der Waals surface area (Å²) in [6.07, 6.45) is 0.700. The molecule has 0 fully saturated rings. The summed E-state index contributed by atoms with van der Waals surface area (Å²) in [5.41, 5.74) is 1.17. The molecule has 12 heteroatoms. The smallest absolute Gasteiger partial charge is 0.232 e. The minimum atomic E-state index is -3.89. The summed E-state index contributed by atoms with van der Waals surface area (Å²) in [6, 6.07) is 8.41. The summed E-state index contributed by atoms with van der Waals surface area (Å²) in [5.74, 6) is 0. The Morgan fingerprint density at radius 3 is 1.47 bits per heavy atom. The molecule has 0 saturated heterocycles. The van der Waals surface area contributed by atoms with Gasteiger partial charge in [-0.05, 0) is 71.7 Å². The molecule has 2 aromatic rings. The molecule has 0 saturated carbocycles. The Morgan fingerprint density at radius 1 is 0.750 bits per heavy atom. The summed E-state index contributed by atoms with van der Waals surface area (Å²) >= 11 is 7.24. The molecule has 0 aliphatic heterocycles. The van der Waals surface area contributed by atoms with Crippen molar-refractivity contribution >= 4 is 58.6 Å². The van der Waals surface area contributed by atoms with Crippen LogP contribution >= 0.6 is 48.6 Å². The van der Waals surface area contributed by atoms with E-state index < -0.39 is 26.8 Å². The minimum absolute atomic E-state index is 0.209. The molecule has 7 nitrogen and oxygen atoms in total. The maximum Gasteiger partial charge on any atom is 0.268 e. The first-order chi connectivity index (χ1) is 15.3. The number of halogens is 2. The third-order valence-electron chi connectivity index (χ3n) is 4.32. The number of hydrogen-bond acceptors (Lipinski definition) is 6. The Bertz CT molecular complexity index is 905. The van der Waals surface area contributed by atoms with Gasteiger partial charge in [0, 0.05) is 0 Å². The van der Waals surface area contributed by atoms with E-state index in [0.717, 1.165) is 0 Å². The van der Waals surface area contributed by atoms with Crippen LogP contribution in [0.1, 0.15) is 39.1 Å². The van der Waals surface area contributed by atoms with Crippen LogP contribution in [-0.4, -0.2) is 38.8 Å². The van der Waals surface area contributed by atoms with Crippen LogP contribution in [0.4, 0.5) is 0 Å². The van der Waals surface area contributed by atoms with Crippen molar-refractivity contribution < 1.29 is 26.5 Å². The number of rotatable bonds is 14. The van der Waals surface area contributed by atoms with Crippen molar-refractivity contribution in [1.82, 2.24) is 3.97 Å². The highest BCUT2D eigenvalue weighted by molar-refractivity contribution is 9.13. The first-order valence-corrected chi connectivity index (χ1v) is 16.5. The molecular weight excluding hydrogens is 604 g/mol. The zero-order valence-electron chi connectivity index (χ0n) is 18.7. The Kier molecular flexibility index (Phi) is 12.3. The average molecular weight is 635 g/mol. The maximum absolute atomic E-state index is 13.8. The van der Waals surface area contributed by atoms with Gasteiger partial charge in [0.25, 0.3) is 26.8 Å². The molecule has 0 bridgehead atoms. The lowest BCUT2D eigenvalue weighted by molar-refractivity contribution is 0.268. The summed E-state index contributed by atoms with van der Waals surface area (Å²) in [4.78, 5) is 0.209. The van der Waals surface area contributed by atoms with Crippen LogP contribution in [0.25, 0.3) is 0 Å². The topological polar surface area (TPSA) is 76.0 Å². The van der Waals surface area contributed by atoms with E-state index >= 15 is 0 Å². The molecule has 0 N–H and O–H groups in total. The third-order valence-corrected chi connectivity index (χ3v) is 12.0. The highest BCUT2D eigenvalue weighted by atomic mass is 79.9. The molecular formula is C20H31Br2NO6P2S+2. The van der Waals surface area contributed by atoms with Crippen molar-refractivity contribution in [3.05, 3.63) is 50.7 Å². The highest BCUT2D eigenvalue weighted by Crippen LogP contribution is 2.50. The van der Waals surface area contributed by atoms with Crippen molar-refractivity contribution in [2.75, 3.05) is 26.4 Å². The molecule has 0 unspecified atom stereocenters. The zero-order valence-corrected chi connectivity index (χ0v) is 24.7. The van der Waals surface area contributed by atoms with Crippen molar-refractivity contribution in [3.8, 4) is 0 Å². The molecule has 0 aliphatic carbocycles. The van der Waals surface area contributed by atoms with Crippen LogP contribution in [0.2, 0.25) is 0 Å². The van der Waals surface area contributed by atoms with Gasteiger partial charge in [-0.25, -0.2) is 30.5 Å². The van der Waals surface area contributed by atoms with Crippen molar-refractivity contribution in [3.63, 3.8) is 0 Å². The molecule has 0 radical (unpaired) electrons. The summed E-state index contributed by atoms with van der Waals surface area (Å²) in [5, 5.41) is 0. The lowest BCUT2D eigenvalue weighted by atomic mass is 10.4. The Labute approximate surface area is 210 Å². The molecule has 32 heavy (non-hydrogen) atoms. The largest absolute Gasteiger partial charge is 0.268 e. The van der Waals surface area contributed by atoms with Gasteiger partial charge < -0.3 is 0 Å². The van der Waals surface area contributed by atoms with E-state index in [4.69, 9.17) is 18.1 Å². The van der Waals surface area contributed by atoms with Gasteiger partial charge >= 0.3 is 0 Å². The second-order valence-corrected chi connectivity index (χ2v) is 13.2. The molecule has 1 heterocycles. The van der Waals surface area contributed by atoms with Gasteiger partial charge in [-0.2, -0.15) is 0 Å². The van der Waals surface area contributed by atoms with E-state index in [2.05, 4.69) is 31.9 Å². The van der Waals surface area contributed by atoms with Gasteiger partial charge in [-0.15, -0.1) is 0 Å². The molecule has 0 amide bonds. The van der Waals surface area contributed by atoms with E-state index in [-0.39, 0.29) is 4.90 Å². The Morgan fingerprint density at radius 2 is 1.12 bits per heavy atom. The van der Waals surface area contributed by atoms with E-state index in [1.165, 1.54) is 3.97 Å². The van der Waals surface area contributed by atoms with Crippen LogP contribution in [0, 0.1) is 0 Å². The van der Waals surface area contributed by atoms with E-state index in [0.29, 0.717) is 59.1 Å². The highest BCUT2D eigenvalue weighted by Gasteiger charge is 2.36. The normalized spacial score (nSPS) is 12.2. The van der Waals surface area contributed by atoms with Gasteiger partial charge in [0.15, 0.2) is 12.3 Å². The Balaban J connectivity index is 2.67. The van der Waals surface area contributed by atoms with Crippen LogP contribution in [-0.2, 0) is 40.4 Å². The fourth-order valence-electron chi connectivity index (χ4n) is 3.09. The fourth-order valence-corrected chi connectivity index (χ4v) is 9.84. The summed E-state index contributed by atoms with van der Waals surface area (Å²) in [7, 11) is -7.34. The second-order valence-electron chi connectivity index (χ2n) is 6.43. The predicted molar refractivity (Wildman–Crippen MR) is 139 cm³/mol. The molecule has 0 aliphatic rings. The van der Waals surface area contributed by atoms with Crippen molar-refractivity contribution in [1.29, 1.82) is 0 Å². The van der Waals surface area contributed by atoms with Gasteiger partial charge in [-0.3, -0.25) is 0 Å². The molecule has 2 rings (SSSR count). The standard InChI is InChI=1S/C20H29Br2NO6P2S/c1-5-26-30(27-6-2)14-17-19(21)20(22)18(15-31(28-7-3)29-8-4)23(17)32(24,25)16-12-10-9-11-13-16/h9-13H,5-8,14-15H2,1-4H3/p+2. The van der Waals surface area contributed by atoms with Gasteiger partial charge in [0.2, 0.25) is 0 Å². The first-order valence-electron chi connectivity index (χ1n) is 10.4. The Hall–Kier alpha value is 0.110. The van der Waals surface area contributed by atoms with Gasteiger partial charge in [0.1, 0.15) is 0 Å². The van der Waals surface area contributed by atoms with Crippen molar-refractivity contribution in [2.24, 2.45) is 0 Å². The quantitative estimate of drug-likeness (QED) is 0.221. The van der Waals surface area contributed by atoms with E-state index in [1.54, 1.807) is 30.3 Å². The summed E-state index contributed by atoms with van der Waals surface area (Å²) < 4.78 is 53.6. The minimum Gasteiger partial charge on any atom is -0.232 e. The summed E-state index contributed by atoms with van der Waals surface area (Å²) in [6.45, 7) is 9.58. The molecule has 1 aromatic heterocycles. The average Bonchev–Trinajstić information content (AvgIpc) is 3.00. The number of benzene rings is 1. The first kappa shape index (κ1) is 28.3. The maximum atomic E-state index is 13.8. The van der Waals surface area contributed by atoms with E-state index in [1.807, 2.05) is 27.7 Å². The number of nitrogens with zero attached hydrogens (tertiary/aromatic N) is 1. The number of hydrogen-bond donors (Lipinski definition) is 0. The lowest BCUT2D eigenvalue weighted by Gasteiger charge is -2.15.